The summed E-state index contributed by atoms with van der Waals surface area (Å²) in [5.41, 5.74) is 2.43. The van der Waals surface area contributed by atoms with E-state index in [1.807, 2.05) is 26.2 Å². The van der Waals surface area contributed by atoms with Crippen molar-refractivity contribution < 1.29 is 0 Å². The lowest BCUT2D eigenvalue weighted by Gasteiger charge is -2.30. The number of benzene rings is 2. The van der Waals surface area contributed by atoms with Crippen molar-refractivity contribution in [3.05, 3.63) is 60.2 Å². The Morgan fingerprint density at radius 2 is 1.66 bits per heavy atom. The van der Waals surface area contributed by atoms with Gasteiger partial charge in [0.1, 0.15) is 5.82 Å². The van der Waals surface area contributed by atoms with E-state index in [9.17, 15) is 0 Å². The molecule has 3 aromatic rings. The van der Waals surface area contributed by atoms with Gasteiger partial charge in [0.2, 0.25) is 5.95 Å². The molecule has 1 aliphatic carbocycles. The Bertz CT molecular complexity index is 980. The molecule has 0 bridgehead atoms. The predicted molar refractivity (Wildman–Crippen MR) is 135 cm³/mol. The van der Waals surface area contributed by atoms with Crippen LogP contribution in [0.15, 0.2) is 54.6 Å². The van der Waals surface area contributed by atoms with Crippen molar-refractivity contribution in [1.29, 1.82) is 0 Å². The van der Waals surface area contributed by atoms with Crippen LogP contribution in [0.5, 0.6) is 0 Å². The van der Waals surface area contributed by atoms with Gasteiger partial charge in [0.05, 0.1) is 5.52 Å². The van der Waals surface area contributed by atoms with Crippen LogP contribution in [0.3, 0.4) is 0 Å². The molecule has 4 rings (SSSR count). The van der Waals surface area contributed by atoms with Crippen molar-refractivity contribution in [2.75, 3.05) is 37.4 Å². The fraction of sp³-hybridized carbons (Fsp3) is 0.481. The zero-order valence-electron chi connectivity index (χ0n) is 19.7. The number of fused-ring (bicyclic) bond motifs is 1. The van der Waals surface area contributed by atoms with E-state index in [4.69, 9.17) is 9.97 Å². The van der Waals surface area contributed by atoms with Crippen molar-refractivity contribution in [3.63, 3.8) is 0 Å². The molecule has 2 aromatic carbocycles. The summed E-state index contributed by atoms with van der Waals surface area (Å²) < 4.78 is 0. The number of nitrogens with one attached hydrogen (secondary N) is 2. The normalized spacial score (nSPS) is 19.6. The SMILES string of the molecule is CC(CNC[C@H]1CC[C@@H](Nc2nc(N(C)C)c3ccccc3n2)CC1)Cc1ccccc1. The van der Waals surface area contributed by atoms with Gasteiger partial charge in [-0.25, -0.2) is 4.98 Å². The van der Waals surface area contributed by atoms with E-state index in [2.05, 4.69) is 64.9 Å². The van der Waals surface area contributed by atoms with E-state index in [-0.39, 0.29) is 0 Å². The van der Waals surface area contributed by atoms with Crippen LogP contribution in [0.4, 0.5) is 11.8 Å². The molecular weight excluding hydrogens is 394 g/mol. The number of rotatable bonds is 9. The minimum Gasteiger partial charge on any atom is -0.362 e. The number of hydrogen-bond donors (Lipinski definition) is 2. The molecule has 2 N–H and O–H groups in total. The number of nitrogens with zero attached hydrogens (tertiary/aromatic N) is 3. The monoisotopic (exact) mass is 431 g/mol. The Kier molecular flexibility index (Phi) is 7.59. The van der Waals surface area contributed by atoms with Gasteiger partial charge in [-0.15, -0.1) is 0 Å². The smallest absolute Gasteiger partial charge is 0.225 e. The van der Waals surface area contributed by atoms with Gasteiger partial charge in [0.25, 0.3) is 0 Å². The third-order valence-electron chi connectivity index (χ3n) is 6.54. The van der Waals surface area contributed by atoms with Crippen molar-refractivity contribution in [1.82, 2.24) is 15.3 Å². The first kappa shape index (κ1) is 22.5. The molecule has 170 valence electrons. The first-order valence-corrected chi connectivity index (χ1v) is 12.0. The van der Waals surface area contributed by atoms with Gasteiger partial charge in [0, 0.05) is 25.5 Å². The van der Waals surface area contributed by atoms with Crippen molar-refractivity contribution in [2.45, 2.75) is 45.1 Å². The van der Waals surface area contributed by atoms with Gasteiger partial charge in [-0.1, -0.05) is 49.4 Å². The van der Waals surface area contributed by atoms with Crippen LogP contribution in [0, 0.1) is 11.8 Å². The minimum absolute atomic E-state index is 0.458. The van der Waals surface area contributed by atoms with Gasteiger partial charge in [-0.3, -0.25) is 0 Å². The van der Waals surface area contributed by atoms with Crippen LogP contribution in [0.1, 0.15) is 38.2 Å². The zero-order valence-corrected chi connectivity index (χ0v) is 19.7. The second kappa shape index (κ2) is 10.8. The summed E-state index contributed by atoms with van der Waals surface area (Å²) in [5, 5.41) is 8.45. The molecule has 5 heteroatoms. The number of aromatic nitrogens is 2. The van der Waals surface area contributed by atoms with E-state index in [0.717, 1.165) is 48.1 Å². The average molecular weight is 432 g/mol. The molecule has 0 saturated heterocycles. The van der Waals surface area contributed by atoms with Gasteiger partial charge >= 0.3 is 0 Å². The summed E-state index contributed by atoms with van der Waals surface area (Å²) in [5.74, 6) is 3.16. The van der Waals surface area contributed by atoms with E-state index in [0.29, 0.717) is 12.0 Å². The minimum atomic E-state index is 0.458. The molecular formula is C27H37N5. The molecule has 1 atom stereocenters. The lowest BCUT2D eigenvalue weighted by Crippen LogP contribution is -2.33. The summed E-state index contributed by atoms with van der Waals surface area (Å²) in [6, 6.07) is 19.5. The molecule has 0 aliphatic heterocycles. The molecule has 1 aromatic heterocycles. The Morgan fingerprint density at radius 1 is 0.938 bits per heavy atom. The molecule has 5 nitrogen and oxygen atoms in total. The van der Waals surface area contributed by atoms with Crippen molar-refractivity contribution >= 4 is 22.7 Å². The third-order valence-corrected chi connectivity index (χ3v) is 6.54. The largest absolute Gasteiger partial charge is 0.362 e. The van der Waals surface area contributed by atoms with Crippen LogP contribution in [-0.4, -0.2) is 43.2 Å². The summed E-state index contributed by atoms with van der Waals surface area (Å²) in [7, 11) is 4.08. The maximum Gasteiger partial charge on any atom is 0.225 e. The van der Waals surface area contributed by atoms with Gasteiger partial charge < -0.3 is 15.5 Å². The summed E-state index contributed by atoms with van der Waals surface area (Å²) in [4.78, 5) is 11.6. The average Bonchev–Trinajstić information content (AvgIpc) is 2.80. The zero-order chi connectivity index (χ0) is 22.3. The van der Waals surface area contributed by atoms with E-state index in [1.54, 1.807) is 0 Å². The van der Waals surface area contributed by atoms with Crippen LogP contribution >= 0.6 is 0 Å². The maximum absolute atomic E-state index is 4.81. The summed E-state index contributed by atoms with van der Waals surface area (Å²) in [6.45, 7) is 4.56. The summed E-state index contributed by atoms with van der Waals surface area (Å²) >= 11 is 0. The third kappa shape index (κ3) is 5.98. The maximum atomic E-state index is 4.81. The van der Waals surface area contributed by atoms with Crippen molar-refractivity contribution in [2.24, 2.45) is 11.8 Å². The Labute approximate surface area is 192 Å². The van der Waals surface area contributed by atoms with Gasteiger partial charge in [-0.05, 0) is 74.7 Å². The molecule has 1 heterocycles. The second-order valence-electron chi connectivity index (χ2n) is 9.60. The van der Waals surface area contributed by atoms with E-state index >= 15 is 0 Å². The molecule has 1 fully saturated rings. The highest BCUT2D eigenvalue weighted by Gasteiger charge is 2.22. The molecule has 1 aliphatic rings. The van der Waals surface area contributed by atoms with Crippen LogP contribution < -0.4 is 15.5 Å². The van der Waals surface area contributed by atoms with Crippen LogP contribution in [0.2, 0.25) is 0 Å². The molecule has 0 radical (unpaired) electrons. The highest BCUT2D eigenvalue weighted by atomic mass is 15.2. The fourth-order valence-electron chi connectivity index (χ4n) is 4.78. The lowest BCUT2D eigenvalue weighted by molar-refractivity contribution is 0.318. The molecule has 0 amide bonds. The molecule has 1 saturated carbocycles. The van der Waals surface area contributed by atoms with E-state index in [1.165, 1.54) is 31.2 Å². The Hall–Kier alpha value is -2.66. The Morgan fingerprint density at radius 3 is 2.41 bits per heavy atom. The lowest BCUT2D eigenvalue weighted by atomic mass is 9.86. The van der Waals surface area contributed by atoms with Crippen LogP contribution in [-0.2, 0) is 6.42 Å². The van der Waals surface area contributed by atoms with E-state index < -0.39 is 0 Å². The first-order valence-electron chi connectivity index (χ1n) is 12.0. The topological polar surface area (TPSA) is 53.1 Å². The van der Waals surface area contributed by atoms with Gasteiger partial charge in [-0.2, -0.15) is 4.98 Å². The first-order chi connectivity index (χ1) is 15.6. The number of anilines is 2. The Balaban J connectivity index is 1.23. The van der Waals surface area contributed by atoms with Gasteiger partial charge in [0.15, 0.2) is 0 Å². The molecule has 1 unspecified atom stereocenters. The predicted octanol–water partition coefficient (Wildman–Crippen LogP) is 5.13. The van der Waals surface area contributed by atoms with Crippen LogP contribution in [0.25, 0.3) is 10.9 Å². The quantitative estimate of drug-likeness (QED) is 0.492. The highest BCUT2D eigenvalue weighted by molar-refractivity contribution is 5.90. The summed E-state index contributed by atoms with van der Waals surface area (Å²) in [6.07, 6.45) is 6.02. The number of para-hydroxylation sites is 1. The molecule has 0 spiro atoms. The number of hydrogen-bond acceptors (Lipinski definition) is 5. The highest BCUT2D eigenvalue weighted by Crippen LogP contribution is 2.28. The standard InChI is InChI=1S/C27H37N5/c1-20(17-21-9-5-4-6-10-21)18-28-19-22-13-15-23(16-14-22)29-27-30-25-12-8-7-11-24(25)26(31-27)32(2)3/h4-12,20,22-23,28H,13-19H2,1-3H3,(H,29,30,31)/t20?,22-,23+. The fourth-order valence-corrected chi connectivity index (χ4v) is 4.78. The molecule has 32 heavy (non-hydrogen) atoms. The second-order valence-corrected chi connectivity index (χ2v) is 9.60. The van der Waals surface area contributed by atoms with Crippen molar-refractivity contribution in [3.8, 4) is 0 Å².